The van der Waals surface area contributed by atoms with E-state index in [2.05, 4.69) is 10.6 Å². The Labute approximate surface area is 143 Å². The Morgan fingerprint density at radius 3 is 2.26 bits per heavy atom. The fraction of sp³-hybridized carbons (Fsp3) is 0.222. The standard InChI is InChI=1S/C18H22N4S/c1-13-8-7-9-14(2)16(13)20-18(23)21-17(19)22(3)12-15-10-5-4-6-11-15/h4-11H,12H2,1-3H3,(H3,19,20,21,23). The lowest BCUT2D eigenvalue weighted by molar-refractivity contribution is 0.485. The number of nitrogens with zero attached hydrogens (tertiary/aromatic N) is 1. The van der Waals surface area contributed by atoms with Crippen LogP contribution in [0.25, 0.3) is 0 Å². The molecule has 0 aliphatic rings. The molecule has 0 spiro atoms. The van der Waals surface area contributed by atoms with E-state index >= 15 is 0 Å². The van der Waals surface area contributed by atoms with Crippen LogP contribution in [0.3, 0.4) is 0 Å². The van der Waals surface area contributed by atoms with E-state index in [0.717, 1.165) is 22.4 Å². The molecule has 0 aromatic heterocycles. The maximum absolute atomic E-state index is 8.13. The third kappa shape index (κ3) is 4.79. The Bertz CT molecular complexity index is 677. The lowest BCUT2D eigenvalue weighted by Gasteiger charge is -2.22. The van der Waals surface area contributed by atoms with Gasteiger partial charge in [0.05, 0.1) is 0 Å². The molecule has 0 aliphatic carbocycles. The topological polar surface area (TPSA) is 51.1 Å². The van der Waals surface area contributed by atoms with Gasteiger partial charge in [-0.2, -0.15) is 0 Å². The molecule has 0 aliphatic heterocycles. The maximum Gasteiger partial charge on any atom is 0.197 e. The average Bonchev–Trinajstić information content (AvgIpc) is 2.52. The van der Waals surface area contributed by atoms with Crippen molar-refractivity contribution in [2.45, 2.75) is 20.4 Å². The van der Waals surface area contributed by atoms with Gasteiger partial charge in [-0.15, -0.1) is 0 Å². The van der Waals surface area contributed by atoms with Crippen LogP contribution in [0, 0.1) is 19.3 Å². The third-order valence-electron chi connectivity index (χ3n) is 3.60. The lowest BCUT2D eigenvalue weighted by atomic mass is 10.1. The van der Waals surface area contributed by atoms with Crippen molar-refractivity contribution >= 4 is 29.0 Å². The Balaban J connectivity index is 1.93. The van der Waals surface area contributed by atoms with Crippen LogP contribution in [0.5, 0.6) is 0 Å². The summed E-state index contributed by atoms with van der Waals surface area (Å²) in [6.07, 6.45) is 0. The Morgan fingerprint density at radius 1 is 1.04 bits per heavy atom. The van der Waals surface area contributed by atoms with E-state index in [1.165, 1.54) is 0 Å². The molecule has 0 amide bonds. The molecule has 120 valence electrons. The largest absolute Gasteiger partial charge is 0.342 e. The molecule has 5 heteroatoms. The summed E-state index contributed by atoms with van der Waals surface area (Å²) in [5, 5.41) is 14.7. The van der Waals surface area contributed by atoms with E-state index in [1.807, 2.05) is 74.3 Å². The highest BCUT2D eigenvalue weighted by atomic mass is 32.1. The molecule has 2 rings (SSSR count). The second kappa shape index (κ2) is 7.74. The van der Waals surface area contributed by atoms with Gasteiger partial charge in [0, 0.05) is 19.3 Å². The number of benzene rings is 2. The summed E-state index contributed by atoms with van der Waals surface area (Å²) in [6, 6.07) is 16.1. The minimum atomic E-state index is 0.262. The van der Waals surface area contributed by atoms with E-state index < -0.39 is 0 Å². The van der Waals surface area contributed by atoms with Gasteiger partial charge < -0.3 is 15.5 Å². The van der Waals surface area contributed by atoms with E-state index in [-0.39, 0.29) is 5.96 Å². The van der Waals surface area contributed by atoms with Gasteiger partial charge in [0.25, 0.3) is 0 Å². The second-order valence-electron chi connectivity index (χ2n) is 5.54. The first kappa shape index (κ1) is 17.0. The van der Waals surface area contributed by atoms with Crippen LogP contribution in [0.4, 0.5) is 5.69 Å². The summed E-state index contributed by atoms with van der Waals surface area (Å²) in [7, 11) is 1.87. The molecule has 0 heterocycles. The van der Waals surface area contributed by atoms with E-state index in [4.69, 9.17) is 17.6 Å². The molecule has 0 unspecified atom stereocenters. The fourth-order valence-electron chi connectivity index (χ4n) is 2.30. The highest BCUT2D eigenvalue weighted by Crippen LogP contribution is 2.19. The normalized spacial score (nSPS) is 10.0. The van der Waals surface area contributed by atoms with Crippen LogP contribution in [0.15, 0.2) is 48.5 Å². The number of aryl methyl sites for hydroxylation is 2. The Morgan fingerprint density at radius 2 is 1.65 bits per heavy atom. The summed E-state index contributed by atoms with van der Waals surface area (Å²) >= 11 is 5.33. The van der Waals surface area contributed by atoms with Crippen LogP contribution < -0.4 is 10.6 Å². The molecule has 0 bridgehead atoms. The first-order valence-electron chi connectivity index (χ1n) is 7.45. The minimum absolute atomic E-state index is 0.262. The number of anilines is 1. The van der Waals surface area contributed by atoms with Crippen molar-refractivity contribution in [3.63, 3.8) is 0 Å². The minimum Gasteiger partial charge on any atom is -0.342 e. The van der Waals surface area contributed by atoms with Crippen LogP contribution in [0.2, 0.25) is 0 Å². The molecule has 0 radical (unpaired) electrons. The van der Waals surface area contributed by atoms with Crippen molar-refractivity contribution in [2.75, 3.05) is 12.4 Å². The molecule has 3 N–H and O–H groups in total. The molecule has 23 heavy (non-hydrogen) atoms. The highest BCUT2D eigenvalue weighted by Gasteiger charge is 2.09. The summed E-state index contributed by atoms with van der Waals surface area (Å²) in [6.45, 7) is 4.72. The molecule has 0 saturated heterocycles. The average molecular weight is 326 g/mol. The first-order chi connectivity index (χ1) is 11.0. The van der Waals surface area contributed by atoms with Gasteiger partial charge in [-0.25, -0.2) is 0 Å². The predicted molar refractivity (Wildman–Crippen MR) is 101 cm³/mol. The van der Waals surface area contributed by atoms with Gasteiger partial charge in [0.2, 0.25) is 0 Å². The zero-order valence-electron chi connectivity index (χ0n) is 13.7. The third-order valence-corrected chi connectivity index (χ3v) is 3.80. The van der Waals surface area contributed by atoms with Crippen molar-refractivity contribution in [1.29, 1.82) is 5.41 Å². The highest BCUT2D eigenvalue weighted by molar-refractivity contribution is 7.80. The van der Waals surface area contributed by atoms with Crippen LogP contribution in [-0.2, 0) is 6.54 Å². The molecular formula is C18H22N4S. The zero-order chi connectivity index (χ0) is 16.8. The monoisotopic (exact) mass is 326 g/mol. The fourth-order valence-corrected chi connectivity index (χ4v) is 2.49. The van der Waals surface area contributed by atoms with Gasteiger partial charge >= 0.3 is 0 Å². The molecular weight excluding hydrogens is 304 g/mol. The molecule has 4 nitrogen and oxygen atoms in total. The lowest BCUT2D eigenvalue weighted by Crippen LogP contribution is -2.43. The summed E-state index contributed by atoms with van der Waals surface area (Å²) in [5.41, 5.74) is 4.38. The van der Waals surface area contributed by atoms with Gasteiger partial charge in [-0.05, 0) is 42.8 Å². The zero-order valence-corrected chi connectivity index (χ0v) is 14.5. The summed E-state index contributed by atoms with van der Waals surface area (Å²) in [5.74, 6) is 0.262. The summed E-state index contributed by atoms with van der Waals surface area (Å²) < 4.78 is 0. The predicted octanol–water partition coefficient (Wildman–Crippen LogP) is 3.66. The number of thiocarbonyl (C=S) groups is 1. The van der Waals surface area contributed by atoms with E-state index in [1.54, 1.807) is 0 Å². The van der Waals surface area contributed by atoms with E-state index in [9.17, 15) is 0 Å². The quantitative estimate of drug-likeness (QED) is 0.458. The van der Waals surface area contributed by atoms with Crippen molar-refractivity contribution in [3.05, 3.63) is 65.2 Å². The van der Waals surface area contributed by atoms with Crippen molar-refractivity contribution in [1.82, 2.24) is 10.2 Å². The molecule has 0 saturated carbocycles. The summed E-state index contributed by atoms with van der Waals surface area (Å²) in [4.78, 5) is 1.81. The van der Waals surface area contributed by atoms with Crippen molar-refractivity contribution in [3.8, 4) is 0 Å². The number of hydrogen-bond acceptors (Lipinski definition) is 2. The second-order valence-corrected chi connectivity index (χ2v) is 5.94. The van der Waals surface area contributed by atoms with Crippen molar-refractivity contribution < 1.29 is 0 Å². The molecule has 2 aromatic rings. The number of guanidine groups is 1. The molecule has 0 atom stereocenters. The van der Waals surface area contributed by atoms with Gasteiger partial charge in [0.15, 0.2) is 11.1 Å². The number of hydrogen-bond donors (Lipinski definition) is 3. The Hall–Kier alpha value is -2.40. The number of para-hydroxylation sites is 1. The van der Waals surface area contributed by atoms with Gasteiger partial charge in [-0.1, -0.05) is 48.5 Å². The van der Waals surface area contributed by atoms with Crippen LogP contribution >= 0.6 is 12.2 Å². The first-order valence-corrected chi connectivity index (χ1v) is 7.86. The number of rotatable bonds is 3. The van der Waals surface area contributed by atoms with E-state index in [0.29, 0.717) is 11.7 Å². The van der Waals surface area contributed by atoms with Gasteiger partial charge in [-0.3, -0.25) is 5.41 Å². The van der Waals surface area contributed by atoms with Crippen molar-refractivity contribution in [2.24, 2.45) is 0 Å². The smallest absolute Gasteiger partial charge is 0.197 e. The SMILES string of the molecule is Cc1cccc(C)c1NC(=S)NC(=N)N(C)Cc1ccccc1. The Kier molecular flexibility index (Phi) is 5.71. The number of nitrogens with one attached hydrogen (secondary N) is 3. The maximum atomic E-state index is 8.13. The molecule has 2 aromatic carbocycles. The van der Waals surface area contributed by atoms with Crippen LogP contribution in [0.1, 0.15) is 16.7 Å². The van der Waals surface area contributed by atoms with Crippen LogP contribution in [-0.4, -0.2) is 23.0 Å². The molecule has 0 fully saturated rings. The van der Waals surface area contributed by atoms with Gasteiger partial charge in [0.1, 0.15) is 0 Å².